The summed E-state index contributed by atoms with van der Waals surface area (Å²) in [6, 6.07) is 4.74. The molecule has 4 rings (SSSR count). The van der Waals surface area contributed by atoms with Crippen molar-refractivity contribution in [3.8, 4) is 5.75 Å². The maximum absolute atomic E-state index is 13.7. The number of benzene rings is 1. The minimum Gasteiger partial charge on any atom is -0.497 e. The smallest absolute Gasteiger partial charge is 0.243 e. The summed E-state index contributed by atoms with van der Waals surface area (Å²) >= 11 is 0. The summed E-state index contributed by atoms with van der Waals surface area (Å²) in [6.45, 7) is 6.31. The van der Waals surface area contributed by atoms with Gasteiger partial charge >= 0.3 is 0 Å². The van der Waals surface area contributed by atoms with Crippen molar-refractivity contribution in [3.63, 3.8) is 0 Å². The van der Waals surface area contributed by atoms with Gasteiger partial charge in [0.1, 0.15) is 23.4 Å². The van der Waals surface area contributed by atoms with Crippen LogP contribution in [-0.4, -0.2) is 98.7 Å². The minimum absolute atomic E-state index is 0.129. The molecule has 1 aromatic rings. The van der Waals surface area contributed by atoms with E-state index in [-0.39, 0.29) is 24.7 Å². The van der Waals surface area contributed by atoms with E-state index in [2.05, 4.69) is 16.0 Å². The lowest BCUT2D eigenvalue weighted by Gasteiger charge is -2.27. The monoisotopic (exact) mass is 572 g/mol. The highest BCUT2D eigenvalue weighted by Gasteiger charge is 2.50. The number of Topliss-reactive ketones (excluding diaryl/α,β-unsaturated/α-hetero) is 1. The van der Waals surface area contributed by atoms with E-state index in [4.69, 9.17) is 14.2 Å². The average molecular weight is 573 g/mol. The van der Waals surface area contributed by atoms with Crippen LogP contribution in [-0.2, 0) is 35.1 Å². The van der Waals surface area contributed by atoms with E-state index < -0.39 is 35.5 Å². The molecule has 226 valence electrons. The number of nitrogens with zero attached hydrogens (tertiary/aromatic N) is 1. The van der Waals surface area contributed by atoms with Gasteiger partial charge in [-0.3, -0.25) is 24.1 Å². The summed E-state index contributed by atoms with van der Waals surface area (Å²) in [4.78, 5) is 54.8. The topological polar surface area (TPSA) is 139 Å². The zero-order valence-corrected chi connectivity index (χ0v) is 24.4. The van der Waals surface area contributed by atoms with Crippen LogP contribution >= 0.6 is 0 Å². The van der Waals surface area contributed by atoms with Crippen molar-refractivity contribution < 1.29 is 33.4 Å². The molecule has 3 N–H and O–H groups in total. The van der Waals surface area contributed by atoms with Crippen LogP contribution in [0.5, 0.6) is 5.75 Å². The number of carbonyl (C=O) groups is 4. The molecule has 41 heavy (non-hydrogen) atoms. The van der Waals surface area contributed by atoms with Crippen molar-refractivity contribution in [2.75, 3.05) is 46.6 Å². The maximum atomic E-state index is 13.7. The van der Waals surface area contributed by atoms with Gasteiger partial charge in [0.2, 0.25) is 17.7 Å². The van der Waals surface area contributed by atoms with Gasteiger partial charge in [-0.25, -0.2) is 0 Å². The van der Waals surface area contributed by atoms with Gasteiger partial charge in [0.15, 0.2) is 5.78 Å². The normalized spacial score (nSPS) is 23.2. The molecule has 1 aromatic carbocycles. The Morgan fingerprint density at radius 3 is 2.24 bits per heavy atom. The summed E-state index contributed by atoms with van der Waals surface area (Å²) in [5.41, 5.74) is -0.0590. The van der Waals surface area contributed by atoms with Gasteiger partial charge in [-0.1, -0.05) is 37.8 Å². The van der Waals surface area contributed by atoms with Crippen LogP contribution in [0.25, 0.3) is 0 Å². The van der Waals surface area contributed by atoms with Gasteiger partial charge in [0, 0.05) is 19.5 Å². The first-order valence-electron chi connectivity index (χ1n) is 14.7. The molecule has 3 fully saturated rings. The fourth-order valence-corrected chi connectivity index (χ4v) is 5.52. The molecule has 2 aliphatic heterocycles. The van der Waals surface area contributed by atoms with Crippen LogP contribution in [0, 0.1) is 5.92 Å². The molecule has 11 heteroatoms. The number of morpholine rings is 1. The van der Waals surface area contributed by atoms with Crippen molar-refractivity contribution in [2.45, 2.75) is 76.1 Å². The van der Waals surface area contributed by atoms with Crippen LogP contribution in [0.2, 0.25) is 0 Å². The van der Waals surface area contributed by atoms with Crippen LogP contribution in [0.15, 0.2) is 24.3 Å². The highest BCUT2D eigenvalue weighted by molar-refractivity contribution is 5.98. The van der Waals surface area contributed by atoms with Gasteiger partial charge in [-0.2, -0.15) is 0 Å². The Morgan fingerprint density at radius 2 is 1.63 bits per heavy atom. The zero-order valence-electron chi connectivity index (χ0n) is 24.4. The largest absolute Gasteiger partial charge is 0.497 e. The highest BCUT2D eigenvalue weighted by atomic mass is 16.6. The Morgan fingerprint density at radius 1 is 1.00 bits per heavy atom. The van der Waals surface area contributed by atoms with E-state index in [1.165, 1.54) is 0 Å². The van der Waals surface area contributed by atoms with Crippen molar-refractivity contribution in [1.29, 1.82) is 0 Å². The van der Waals surface area contributed by atoms with Crippen LogP contribution < -0.4 is 20.7 Å². The molecule has 1 aliphatic carbocycles. The molecule has 0 spiro atoms. The number of epoxide rings is 1. The van der Waals surface area contributed by atoms with E-state index >= 15 is 0 Å². The second-order valence-electron chi connectivity index (χ2n) is 11.6. The first-order chi connectivity index (χ1) is 19.7. The standard InChI is InChI=1S/C30H44N4O7/c1-20(31-26(35)18-34-12-14-40-15-13-34)28(37)33-25(17-22-8-10-23(39-3)11-9-22)29(38)32-24(16-21-6-4-5-7-21)27(36)30(2)19-41-30/h8-11,20-21,24-25H,4-7,12-19H2,1-3H3,(H,31,35)(H,32,38)(H,33,37). The first-order valence-corrected chi connectivity index (χ1v) is 14.7. The summed E-state index contributed by atoms with van der Waals surface area (Å²) in [7, 11) is 1.58. The lowest BCUT2D eigenvalue weighted by Crippen LogP contribution is -2.57. The third-order valence-corrected chi connectivity index (χ3v) is 8.25. The van der Waals surface area contributed by atoms with Gasteiger partial charge in [-0.05, 0) is 43.9 Å². The number of nitrogens with one attached hydrogen (secondary N) is 3. The van der Waals surface area contributed by atoms with E-state index in [0.29, 0.717) is 51.0 Å². The predicted molar refractivity (Wildman–Crippen MR) is 151 cm³/mol. The van der Waals surface area contributed by atoms with E-state index in [1.807, 2.05) is 17.0 Å². The molecular weight excluding hydrogens is 528 g/mol. The Bertz CT molecular complexity index is 1060. The van der Waals surface area contributed by atoms with Gasteiger partial charge < -0.3 is 30.2 Å². The number of amides is 3. The number of rotatable bonds is 14. The third-order valence-electron chi connectivity index (χ3n) is 8.25. The van der Waals surface area contributed by atoms with Crippen molar-refractivity contribution in [1.82, 2.24) is 20.9 Å². The molecule has 11 nitrogen and oxygen atoms in total. The lowest BCUT2D eigenvalue weighted by molar-refractivity contribution is -0.134. The second-order valence-corrected chi connectivity index (χ2v) is 11.6. The number of hydrogen-bond acceptors (Lipinski definition) is 8. The van der Waals surface area contributed by atoms with Crippen molar-refractivity contribution >= 4 is 23.5 Å². The Kier molecular flexibility index (Phi) is 10.7. The number of ketones is 1. The predicted octanol–water partition coefficient (Wildman–Crippen LogP) is 0.983. The quantitative estimate of drug-likeness (QED) is 0.281. The van der Waals surface area contributed by atoms with Crippen LogP contribution in [0.4, 0.5) is 0 Å². The molecule has 4 unspecified atom stereocenters. The average Bonchev–Trinajstić information content (AvgIpc) is 3.51. The Labute approximate surface area is 242 Å². The summed E-state index contributed by atoms with van der Waals surface area (Å²) in [6.07, 6.45) is 5.07. The number of ether oxygens (including phenoxy) is 3. The van der Waals surface area contributed by atoms with E-state index in [0.717, 1.165) is 31.2 Å². The molecule has 2 saturated heterocycles. The maximum Gasteiger partial charge on any atom is 0.243 e. The Hall–Kier alpha value is -3.02. The number of carbonyl (C=O) groups excluding carboxylic acids is 4. The summed E-state index contributed by atoms with van der Waals surface area (Å²) in [5.74, 6) is -0.286. The van der Waals surface area contributed by atoms with E-state index in [9.17, 15) is 19.2 Å². The lowest BCUT2D eigenvalue weighted by atomic mass is 9.90. The molecule has 2 heterocycles. The molecular formula is C30H44N4O7. The zero-order chi connectivity index (χ0) is 29.4. The summed E-state index contributed by atoms with van der Waals surface area (Å²) in [5, 5.41) is 8.51. The molecule has 0 radical (unpaired) electrons. The van der Waals surface area contributed by atoms with Gasteiger partial charge in [-0.15, -0.1) is 0 Å². The second kappa shape index (κ2) is 14.2. The molecule has 0 bridgehead atoms. The molecule has 3 aliphatic rings. The van der Waals surface area contributed by atoms with Crippen molar-refractivity contribution in [3.05, 3.63) is 29.8 Å². The van der Waals surface area contributed by atoms with Crippen molar-refractivity contribution in [2.24, 2.45) is 5.92 Å². The SMILES string of the molecule is COc1ccc(CC(NC(=O)C(C)NC(=O)CN2CCOCC2)C(=O)NC(CC2CCCC2)C(=O)C2(C)CO2)cc1. The molecule has 0 aromatic heterocycles. The van der Waals surface area contributed by atoms with Crippen LogP contribution in [0.3, 0.4) is 0 Å². The fraction of sp³-hybridized carbons (Fsp3) is 0.667. The highest BCUT2D eigenvalue weighted by Crippen LogP contribution is 2.33. The fourth-order valence-electron chi connectivity index (χ4n) is 5.52. The number of methoxy groups -OCH3 is 1. The van der Waals surface area contributed by atoms with E-state index in [1.54, 1.807) is 33.1 Å². The molecule has 3 amide bonds. The van der Waals surface area contributed by atoms with Crippen LogP contribution in [0.1, 0.15) is 51.5 Å². The molecule has 1 saturated carbocycles. The van der Waals surface area contributed by atoms with Gasteiger partial charge in [0.25, 0.3) is 0 Å². The number of hydrogen-bond donors (Lipinski definition) is 3. The van der Waals surface area contributed by atoms with Gasteiger partial charge in [0.05, 0.1) is 39.5 Å². The Balaban J connectivity index is 1.43. The first kappa shape index (κ1) is 30.9. The molecule has 4 atom stereocenters. The summed E-state index contributed by atoms with van der Waals surface area (Å²) < 4.78 is 16.0. The minimum atomic E-state index is -0.957. The third kappa shape index (κ3) is 8.98.